The van der Waals surface area contributed by atoms with Crippen molar-refractivity contribution in [1.29, 1.82) is 0 Å². The molecule has 0 radical (unpaired) electrons. The first-order valence-electron chi connectivity index (χ1n) is 6.25. The maximum atomic E-state index is 11.5. The van der Waals surface area contributed by atoms with Crippen molar-refractivity contribution < 1.29 is 13.2 Å². The van der Waals surface area contributed by atoms with Gasteiger partial charge in [0.2, 0.25) is 0 Å². The standard InChI is InChI=1S/C13H16BrN3O3S/c1-20-8-7-17-12(9-14)15-16-13(17)10-3-5-11(6-4-10)21(2,18)19/h3-6H,7-9H2,1-2H3. The van der Waals surface area contributed by atoms with Gasteiger partial charge in [-0.2, -0.15) is 0 Å². The normalized spacial score (nSPS) is 11.8. The van der Waals surface area contributed by atoms with Crippen LogP contribution in [0.3, 0.4) is 0 Å². The van der Waals surface area contributed by atoms with E-state index in [-0.39, 0.29) is 4.90 Å². The van der Waals surface area contributed by atoms with Gasteiger partial charge in [-0.25, -0.2) is 8.42 Å². The van der Waals surface area contributed by atoms with Crippen molar-refractivity contribution in [3.8, 4) is 11.4 Å². The molecular formula is C13H16BrN3O3S. The van der Waals surface area contributed by atoms with Crippen molar-refractivity contribution in [3.05, 3.63) is 30.1 Å². The molecule has 21 heavy (non-hydrogen) atoms. The number of alkyl halides is 1. The number of methoxy groups -OCH3 is 1. The molecule has 0 N–H and O–H groups in total. The Balaban J connectivity index is 2.39. The van der Waals surface area contributed by atoms with Gasteiger partial charge in [0.15, 0.2) is 15.7 Å². The van der Waals surface area contributed by atoms with Gasteiger partial charge in [-0.1, -0.05) is 15.9 Å². The molecule has 0 saturated heterocycles. The number of hydrogen-bond donors (Lipinski definition) is 0. The summed E-state index contributed by atoms with van der Waals surface area (Å²) in [7, 11) is -1.56. The highest BCUT2D eigenvalue weighted by atomic mass is 79.9. The number of ether oxygens (including phenoxy) is 1. The van der Waals surface area contributed by atoms with Gasteiger partial charge in [-0.15, -0.1) is 10.2 Å². The zero-order chi connectivity index (χ0) is 15.5. The lowest BCUT2D eigenvalue weighted by atomic mass is 10.2. The largest absolute Gasteiger partial charge is 0.383 e. The zero-order valence-corrected chi connectivity index (χ0v) is 14.2. The Bertz CT molecular complexity index is 711. The average molecular weight is 374 g/mol. The predicted octanol–water partition coefficient (Wildman–Crippen LogP) is 1.89. The van der Waals surface area contributed by atoms with E-state index in [4.69, 9.17) is 4.74 Å². The Morgan fingerprint density at radius 3 is 2.43 bits per heavy atom. The van der Waals surface area contributed by atoms with Crippen LogP contribution in [-0.2, 0) is 26.4 Å². The second-order valence-corrected chi connectivity index (χ2v) is 7.09. The van der Waals surface area contributed by atoms with Crippen LogP contribution in [0.15, 0.2) is 29.2 Å². The molecule has 1 aromatic heterocycles. The molecule has 2 aromatic rings. The topological polar surface area (TPSA) is 74.1 Å². The van der Waals surface area contributed by atoms with Gasteiger partial charge in [0.1, 0.15) is 5.82 Å². The van der Waals surface area contributed by atoms with Crippen molar-refractivity contribution in [3.63, 3.8) is 0 Å². The molecule has 0 amide bonds. The lowest BCUT2D eigenvalue weighted by Gasteiger charge is -2.09. The molecule has 0 bridgehead atoms. The molecule has 0 aliphatic rings. The Kier molecular flexibility index (Phi) is 5.13. The number of benzene rings is 1. The molecule has 0 aliphatic carbocycles. The van der Waals surface area contributed by atoms with Crippen molar-refractivity contribution >= 4 is 25.8 Å². The van der Waals surface area contributed by atoms with E-state index in [1.165, 1.54) is 6.26 Å². The lowest BCUT2D eigenvalue weighted by molar-refractivity contribution is 0.187. The van der Waals surface area contributed by atoms with Crippen LogP contribution < -0.4 is 0 Å². The van der Waals surface area contributed by atoms with E-state index in [1.54, 1.807) is 31.4 Å². The van der Waals surface area contributed by atoms with Gasteiger partial charge >= 0.3 is 0 Å². The van der Waals surface area contributed by atoms with Gasteiger partial charge < -0.3 is 9.30 Å². The molecule has 114 valence electrons. The molecule has 8 heteroatoms. The highest BCUT2D eigenvalue weighted by Gasteiger charge is 2.14. The summed E-state index contributed by atoms with van der Waals surface area (Å²) in [6, 6.07) is 6.63. The number of aromatic nitrogens is 3. The maximum Gasteiger partial charge on any atom is 0.175 e. The molecule has 0 atom stereocenters. The highest BCUT2D eigenvalue weighted by Crippen LogP contribution is 2.21. The monoisotopic (exact) mass is 373 g/mol. The Hall–Kier alpha value is -1.25. The fourth-order valence-corrected chi connectivity index (χ4v) is 2.96. The summed E-state index contributed by atoms with van der Waals surface area (Å²) >= 11 is 3.38. The molecule has 2 rings (SSSR count). The van der Waals surface area contributed by atoms with Crippen LogP contribution in [0.25, 0.3) is 11.4 Å². The predicted molar refractivity (Wildman–Crippen MR) is 83.1 cm³/mol. The van der Waals surface area contributed by atoms with Crippen LogP contribution in [0, 0.1) is 0 Å². The summed E-state index contributed by atoms with van der Waals surface area (Å²) in [4.78, 5) is 0.287. The lowest BCUT2D eigenvalue weighted by Crippen LogP contribution is -2.09. The first kappa shape index (κ1) is 16.1. The summed E-state index contributed by atoms with van der Waals surface area (Å²) in [6.07, 6.45) is 1.19. The van der Waals surface area contributed by atoms with E-state index in [9.17, 15) is 8.42 Å². The van der Waals surface area contributed by atoms with E-state index < -0.39 is 9.84 Å². The van der Waals surface area contributed by atoms with Gasteiger partial charge in [-0.05, 0) is 24.3 Å². The Morgan fingerprint density at radius 2 is 1.90 bits per heavy atom. The minimum atomic E-state index is -3.20. The van der Waals surface area contributed by atoms with Crippen LogP contribution in [0.4, 0.5) is 0 Å². The van der Waals surface area contributed by atoms with Crippen LogP contribution in [0.1, 0.15) is 5.82 Å². The smallest absolute Gasteiger partial charge is 0.175 e. The summed E-state index contributed by atoms with van der Waals surface area (Å²) < 4.78 is 30.0. The number of hydrogen-bond acceptors (Lipinski definition) is 5. The first-order chi connectivity index (χ1) is 9.97. The minimum absolute atomic E-state index is 0.287. The van der Waals surface area contributed by atoms with Gasteiger partial charge in [0.05, 0.1) is 16.8 Å². The summed E-state index contributed by atoms with van der Waals surface area (Å²) in [6.45, 7) is 1.18. The van der Waals surface area contributed by atoms with E-state index in [0.29, 0.717) is 24.3 Å². The number of halogens is 1. The molecule has 0 saturated carbocycles. The Morgan fingerprint density at radius 1 is 1.24 bits per heavy atom. The zero-order valence-electron chi connectivity index (χ0n) is 11.8. The molecule has 6 nitrogen and oxygen atoms in total. The average Bonchev–Trinajstić information content (AvgIpc) is 2.87. The third kappa shape index (κ3) is 3.69. The molecular weight excluding hydrogens is 358 g/mol. The van der Waals surface area contributed by atoms with E-state index >= 15 is 0 Å². The SMILES string of the molecule is COCCn1c(CBr)nnc1-c1ccc(S(C)(=O)=O)cc1. The van der Waals surface area contributed by atoms with Crippen molar-refractivity contribution in [2.75, 3.05) is 20.0 Å². The van der Waals surface area contributed by atoms with Crippen LogP contribution >= 0.6 is 15.9 Å². The van der Waals surface area contributed by atoms with Crippen molar-refractivity contribution in [1.82, 2.24) is 14.8 Å². The van der Waals surface area contributed by atoms with Crippen molar-refractivity contribution in [2.45, 2.75) is 16.8 Å². The maximum absolute atomic E-state index is 11.5. The summed E-state index contributed by atoms with van der Waals surface area (Å²) in [5, 5.41) is 8.90. The van der Waals surface area contributed by atoms with Crippen LogP contribution in [0.2, 0.25) is 0 Å². The molecule has 1 heterocycles. The number of nitrogens with zero attached hydrogens (tertiary/aromatic N) is 3. The fraction of sp³-hybridized carbons (Fsp3) is 0.385. The number of sulfone groups is 1. The second-order valence-electron chi connectivity index (χ2n) is 4.51. The van der Waals surface area contributed by atoms with Gasteiger partial charge in [0.25, 0.3) is 0 Å². The van der Waals surface area contributed by atoms with E-state index in [0.717, 1.165) is 11.4 Å². The molecule has 0 spiro atoms. The first-order valence-corrected chi connectivity index (χ1v) is 9.26. The fourth-order valence-electron chi connectivity index (χ4n) is 1.92. The summed E-state index contributed by atoms with van der Waals surface area (Å²) in [5.74, 6) is 1.50. The Labute approximate surface area is 132 Å². The molecule has 0 aliphatic heterocycles. The van der Waals surface area contributed by atoms with E-state index in [1.807, 2.05) is 4.57 Å². The van der Waals surface area contributed by atoms with Gasteiger partial charge in [0, 0.05) is 25.5 Å². The third-order valence-electron chi connectivity index (χ3n) is 3.01. The van der Waals surface area contributed by atoms with Crippen LogP contribution in [-0.4, -0.2) is 43.2 Å². The molecule has 1 aromatic carbocycles. The molecule has 0 fully saturated rings. The quantitative estimate of drug-likeness (QED) is 0.722. The minimum Gasteiger partial charge on any atom is -0.383 e. The van der Waals surface area contributed by atoms with Gasteiger partial charge in [-0.3, -0.25) is 0 Å². The highest BCUT2D eigenvalue weighted by molar-refractivity contribution is 9.08. The van der Waals surface area contributed by atoms with Crippen LogP contribution in [0.5, 0.6) is 0 Å². The van der Waals surface area contributed by atoms with Crippen molar-refractivity contribution in [2.24, 2.45) is 0 Å². The summed E-state index contributed by atoms with van der Waals surface area (Å²) in [5.41, 5.74) is 0.818. The third-order valence-corrected chi connectivity index (χ3v) is 4.64. The molecule has 0 unspecified atom stereocenters. The van der Waals surface area contributed by atoms with E-state index in [2.05, 4.69) is 26.1 Å². The number of rotatable bonds is 6. The second kappa shape index (κ2) is 6.67.